The van der Waals surface area contributed by atoms with Crippen molar-refractivity contribution in [1.29, 1.82) is 0 Å². The molecule has 2 aliphatic rings. The Morgan fingerprint density at radius 1 is 1.10 bits per heavy atom. The molecule has 31 heavy (non-hydrogen) atoms. The van der Waals surface area contributed by atoms with E-state index in [1.165, 1.54) is 0 Å². The Labute approximate surface area is 181 Å². The lowest BCUT2D eigenvalue weighted by Gasteiger charge is -2.23. The van der Waals surface area contributed by atoms with E-state index in [4.69, 9.17) is 9.15 Å². The summed E-state index contributed by atoms with van der Waals surface area (Å²) in [5.74, 6) is 1.26. The molecule has 3 aromatic rings. The number of hydrogen-bond donors (Lipinski definition) is 1. The van der Waals surface area contributed by atoms with Crippen LogP contribution in [0.3, 0.4) is 0 Å². The Hall–Kier alpha value is -3.28. The average Bonchev–Trinajstić information content (AvgIpc) is 3.70. The van der Waals surface area contributed by atoms with Gasteiger partial charge >= 0.3 is 0 Å². The van der Waals surface area contributed by atoms with Crippen LogP contribution in [0.25, 0.3) is 11.0 Å². The van der Waals surface area contributed by atoms with E-state index in [0.717, 1.165) is 36.6 Å². The number of rotatable bonds is 7. The van der Waals surface area contributed by atoms with E-state index in [1.807, 2.05) is 54.3 Å². The van der Waals surface area contributed by atoms with E-state index in [-0.39, 0.29) is 17.9 Å². The lowest BCUT2D eigenvalue weighted by atomic mass is 10.1. The lowest BCUT2D eigenvalue weighted by Crippen LogP contribution is -2.33. The molecule has 0 spiro atoms. The molecule has 1 heterocycles. The smallest absolute Gasteiger partial charge is 0.258 e. The Morgan fingerprint density at radius 3 is 2.48 bits per heavy atom. The van der Waals surface area contributed by atoms with Gasteiger partial charge in [0.15, 0.2) is 0 Å². The van der Waals surface area contributed by atoms with Crippen molar-refractivity contribution in [2.24, 2.45) is 0 Å². The largest absolute Gasteiger partial charge is 0.497 e. The number of hydrogen-bond acceptors (Lipinski definition) is 4. The van der Waals surface area contributed by atoms with Gasteiger partial charge in [-0.05, 0) is 68.5 Å². The summed E-state index contributed by atoms with van der Waals surface area (Å²) >= 11 is 0. The van der Waals surface area contributed by atoms with Crippen molar-refractivity contribution < 1.29 is 18.7 Å². The molecule has 0 aliphatic heterocycles. The SMILES string of the molecule is COc1ccc2oc(C)c(C(=O)N(Cc3ccc(C(=O)NC4CC4)cc3)C3CC3)c2c1. The molecule has 2 aliphatic carbocycles. The number of amides is 2. The fraction of sp³-hybridized carbons (Fsp3) is 0.360. The molecule has 2 fully saturated rings. The zero-order valence-electron chi connectivity index (χ0n) is 17.8. The number of methoxy groups -OCH3 is 1. The monoisotopic (exact) mass is 418 g/mol. The summed E-state index contributed by atoms with van der Waals surface area (Å²) in [6.07, 6.45) is 4.14. The van der Waals surface area contributed by atoms with Crippen molar-refractivity contribution in [1.82, 2.24) is 10.2 Å². The number of furan rings is 1. The van der Waals surface area contributed by atoms with E-state index in [9.17, 15) is 9.59 Å². The summed E-state index contributed by atoms with van der Waals surface area (Å²) in [6, 6.07) is 13.7. The van der Waals surface area contributed by atoms with Gasteiger partial charge in [0.25, 0.3) is 11.8 Å². The number of fused-ring (bicyclic) bond motifs is 1. The predicted molar refractivity (Wildman–Crippen MR) is 117 cm³/mol. The maximum atomic E-state index is 13.6. The molecule has 0 bridgehead atoms. The van der Waals surface area contributed by atoms with Crippen molar-refractivity contribution in [3.63, 3.8) is 0 Å². The van der Waals surface area contributed by atoms with Crippen molar-refractivity contribution in [2.75, 3.05) is 7.11 Å². The van der Waals surface area contributed by atoms with Crippen LogP contribution in [0.4, 0.5) is 0 Å². The Morgan fingerprint density at radius 2 is 1.84 bits per heavy atom. The molecular weight excluding hydrogens is 392 g/mol. The number of carbonyl (C=O) groups excluding carboxylic acids is 2. The number of ether oxygens (including phenoxy) is 1. The zero-order chi connectivity index (χ0) is 21.5. The highest BCUT2D eigenvalue weighted by atomic mass is 16.5. The van der Waals surface area contributed by atoms with E-state index in [1.54, 1.807) is 7.11 Å². The summed E-state index contributed by atoms with van der Waals surface area (Å²) in [5.41, 5.74) is 2.94. The normalized spacial score (nSPS) is 15.7. The van der Waals surface area contributed by atoms with Gasteiger partial charge < -0.3 is 19.4 Å². The highest BCUT2D eigenvalue weighted by Gasteiger charge is 2.35. The van der Waals surface area contributed by atoms with Gasteiger partial charge in [0.1, 0.15) is 17.1 Å². The van der Waals surface area contributed by atoms with E-state index >= 15 is 0 Å². The summed E-state index contributed by atoms with van der Waals surface area (Å²) in [6.45, 7) is 2.34. The summed E-state index contributed by atoms with van der Waals surface area (Å²) in [7, 11) is 1.61. The van der Waals surface area contributed by atoms with Crippen LogP contribution in [0.1, 0.15) is 57.7 Å². The predicted octanol–water partition coefficient (Wildman–Crippen LogP) is 4.45. The number of nitrogens with one attached hydrogen (secondary N) is 1. The van der Waals surface area contributed by atoms with Crippen molar-refractivity contribution >= 4 is 22.8 Å². The highest BCUT2D eigenvalue weighted by molar-refractivity contribution is 6.07. The maximum Gasteiger partial charge on any atom is 0.258 e. The third-order valence-electron chi connectivity index (χ3n) is 6.02. The second-order valence-electron chi connectivity index (χ2n) is 8.50. The van der Waals surface area contributed by atoms with Crippen LogP contribution < -0.4 is 10.1 Å². The first kappa shape index (κ1) is 19.7. The molecule has 0 saturated heterocycles. The fourth-order valence-corrected chi connectivity index (χ4v) is 3.94. The lowest BCUT2D eigenvalue weighted by molar-refractivity contribution is 0.0729. The van der Waals surface area contributed by atoms with Crippen LogP contribution in [0.5, 0.6) is 5.75 Å². The minimum Gasteiger partial charge on any atom is -0.497 e. The number of benzene rings is 2. The third kappa shape index (κ3) is 4.02. The molecule has 1 aromatic heterocycles. The van der Waals surface area contributed by atoms with Crippen LogP contribution in [0.15, 0.2) is 46.9 Å². The Balaban J connectivity index is 1.39. The maximum absolute atomic E-state index is 13.6. The molecule has 160 valence electrons. The molecule has 1 N–H and O–H groups in total. The molecule has 2 saturated carbocycles. The van der Waals surface area contributed by atoms with E-state index in [0.29, 0.717) is 40.8 Å². The topological polar surface area (TPSA) is 71.8 Å². The molecule has 2 amide bonds. The summed E-state index contributed by atoms with van der Waals surface area (Å²) < 4.78 is 11.2. The second kappa shape index (κ2) is 7.76. The molecule has 0 atom stereocenters. The van der Waals surface area contributed by atoms with Crippen LogP contribution in [-0.4, -0.2) is 35.9 Å². The molecule has 0 unspecified atom stereocenters. The van der Waals surface area contributed by atoms with Crippen LogP contribution >= 0.6 is 0 Å². The summed E-state index contributed by atoms with van der Waals surface area (Å²) in [4.78, 5) is 27.7. The second-order valence-corrected chi connectivity index (χ2v) is 8.50. The minimum absolute atomic E-state index is 0.0254. The average molecular weight is 418 g/mol. The first-order valence-electron chi connectivity index (χ1n) is 10.8. The molecule has 5 rings (SSSR count). The van der Waals surface area contributed by atoms with Gasteiger partial charge in [0.2, 0.25) is 0 Å². The number of aryl methyl sites for hydroxylation is 1. The van der Waals surface area contributed by atoms with E-state index in [2.05, 4.69) is 5.32 Å². The van der Waals surface area contributed by atoms with Gasteiger partial charge in [-0.3, -0.25) is 9.59 Å². The Bertz CT molecular complexity index is 1140. The van der Waals surface area contributed by atoms with Crippen molar-refractivity contribution in [3.8, 4) is 5.75 Å². The number of carbonyl (C=O) groups is 2. The molecule has 2 aromatic carbocycles. The first-order chi connectivity index (χ1) is 15.0. The highest BCUT2D eigenvalue weighted by Crippen LogP contribution is 2.34. The van der Waals surface area contributed by atoms with Gasteiger partial charge in [0.05, 0.1) is 12.7 Å². The van der Waals surface area contributed by atoms with Crippen LogP contribution in [0, 0.1) is 6.92 Å². The van der Waals surface area contributed by atoms with Crippen molar-refractivity contribution in [3.05, 3.63) is 64.9 Å². The minimum atomic E-state index is -0.0291. The molecule has 0 radical (unpaired) electrons. The molecule has 6 heteroatoms. The van der Waals surface area contributed by atoms with Gasteiger partial charge in [-0.1, -0.05) is 12.1 Å². The van der Waals surface area contributed by atoms with Crippen LogP contribution in [-0.2, 0) is 6.54 Å². The quantitative estimate of drug-likeness (QED) is 0.615. The zero-order valence-corrected chi connectivity index (χ0v) is 17.8. The molecule has 6 nitrogen and oxygen atoms in total. The fourth-order valence-electron chi connectivity index (χ4n) is 3.94. The standard InChI is InChI=1S/C25H26N2O4/c1-15-23(21-13-20(30-2)11-12-22(21)31-15)25(29)27(19-9-10-19)14-16-3-5-17(6-4-16)24(28)26-18-7-8-18/h3-6,11-13,18-19H,7-10,14H2,1-2H3,(H,26,28). The number of nitrogens with zero attached hydrogens (tertiary/aromatic N) is 1. The molecular formula is C25H26N2O4. The van der Waals surface area contributed by atoms with Crippen LogP contribution in [0.2, 0.25) is 0 Å². The van der Waals surface area contributed by atoms with E-state index < -0.39 is 0 Å². The summed E-state index contributed by atoms with van der Waals surface area (Å²) in [5, 5.41) is 3.78. The Kier molecular flexibility index (Phi) is 4.93. The van der Waals surface area contributed by atoms with Crippen molar-refractivity contribution in [2.45, 2.75) is 51.2 Å². The van der Waals surface area contributed by atoms with Gasteiger partial charge in [0, 0.05) is 29.6 Å². The first-order valence-corrected chi connectivity index (χ1v) is 10.8. The van der Waals surface area contributed by atoms with Gasteiger partial charge in [-0.25, -0.2) is 0 Å². The van der Waals surface area contributed by atoms with Gasteiger partial charge in [-0.15, -0.1) is 0 Å². The third-order valence-corrected chi connectivity index (χ3v) is 6.02. The van der Waals surface area contributed by atoms with Gasteiger partial charge in [-0.2, -0.15) is 0 Å².